The molecule has 0 amide bonds. The van der Waals surface area contributed by atoms with Crippen LogP contribution in [0.2, 0.25) is 0 Å². The lowest BCUT2D eigenvalue weighted by Gasteiger charge is -2.19. The predicted octanol–water partition coefficient (Wildman–Crippen LogP) is 2.00. The average Bonchev–Trinajstić information content (AvgIpc) is 2.45. The lowest BCUT2D eigenvalue weighted by Crippen LogP contribution is -2.40. The van der Waals surface area contributed by atoms with Crippen molar-refractivity contribution in [1.29, 1.82) is 0 Å². The maximum absolute atomic E-state index is 12.3. The van der Waals surface area contributed by atoms with Crippen LogP contribution in [-0.2, 0) is 25.0 Å². The van der Waals surface area contributed by atoms with Crippen molar-refractivity contribution in [1.82, 2.24) is 4.72 Å². The summed E-state index contributed by atoms with van der Waals surface area (Å²) in [4.78, 5) is 21.3. The molecule has 1 aromatic rings. The van der Waals surface area contributed by atoms with E-state index in [-0.39, 0.29) is 29.6 Å². The van der Waals surface area contributed by atoms with Crippen molar-refractivity contribution in [2.24, 2.45) is 0 Å². The van der Waals surface area contributed by atoms with E-state index >= 15 is 0 Å². The molecule has 1 unspecified atom stereocenters. The maximum Gasteiger partial charge on any atom is 0.321 e. The first-order valence-corrected chi connectivity index (χ1v) is 8.77. The van der Waals surface area contributed by atoms with Crippen LogP contribution in [-0.4, -0.2) is 31.8 Å². The first kappa shape index (κ1) is 19.3. The topological polar surface area (TPSA) is 101 Å². The summed E-state index contributed by atoms with van der Waals surface area (Å²) in [5.74, 6) is -1.27. The van der Waals surface area contributed by atoms with Gasteiger partial charge in [0.05, 0.1) is 4.90 Å². The number of rotatable bonds is 8. The van der Waals surface area contributed by atoms with E-state index in [4.69, 9.17) is 5.11 Å². The van der Waals surface area contributed by atoms with E-state index in [0.717, 1.165) is 5.56 Å². The van der Waals surface area contributed by atoms with Crippen LogP contribution in [0.5, 0.6) is 0 Å². The highest BCUT2D eigenvalue weighted by atomic mass is 32.2. The molecule has 1 aromatic carbocycles. The Kier molecular flexibility index (Phi) is 6.47. The molecule has 0 aliphatic carbocycles. The number of hydrogen-bond donors (Lipinski definition) is 2. The number of benzene rings is 1. The molecule has 7 heteroatoms. The van der Waals surface area contributed by atoms with E-state index in [1.807, 2.05) is 20.8 Å². The van der Waals surface area contributed by atoms with Gasteiger partial charge in [-0.1, -0.05) is 32.9 Å². The van der Waals surface area contributed by atoms with Gasteiger partial charge in [-0.25, -0.2) is 8.42 Å². The van der Waals surface area contributed by atoms with Crippen LogP contribution in [0.4, 0.5) is 0 Å². The van der Waals surface area contributed by atoms with Gasteiger partial charge in [-0.2, -0.15) is 4.72 Å². The number of sulfonamides is 1. The van der Waals surface area contributed by atoms with Gasteiger partial charge < -0.3 is 5.11 Å². The van der Waals surface area contributed by atoms with Crippen molar-refractivity contribution >= 4 is 22.3 Å². The summed E-state index contributed by atoms with van der Waals surface area (Å²) in [6, 6.07) is 5.08. The van der Waals surface area contributed by atoms with Gasteiger partial charge in [0.25, 0.3) is 0 Å². The van der Waals surface area contributed by atoms with Crippen LogP contribution in [0.1, 0.15) is 45.6 Å². The molecule has 0 fully saturated rings. The Labute approximate surface area is 137 Å². The molecule has 0 saturated heterocycles. The Hall–Kier alpha value is -1.73. The fraction of sp³-hybridized carbons (Fsp3) is 0.500. The third-order valence-electron chi connectivity index (χ3n) is 3.40. The fourth-order valence-corrected chi connectivity index (χ4v) is 3.22. The average molecular weight is 340 g/mol. The summed E-state index contributed by atoms with van der Waals surface area (Å²) >= 11 is 0. The first-order valence-electron chi connectivity index (χ1n) is 7.28. The summed E-state index contributed by atoms with van der Waals surface area (Å²) in [5, 5.41) is 9.11. The predicted molar refractivity (Wildman–Crippen MR) is 86.4 cm³/mol. The summed E-state index contributed by atoms with van der Waals surface area (Å²) in [6.07, 6.45) is 2.02. The molecule has 0 bridgehead atoms. The number of nitrogens with one attached hydrogen (secondary N) is 1. The van der Waals surface area contributed by atoms with Crippen LogP contribution in [0.25, 0.3) is 0 Å². The largest absolute Gasteiger partial charge is 0.480 e. The lowest BCUT2D eigenvalue weighted by atomic mass is 9.87. The van der Waals surface area contributed by atoms with Gasteiger partial charge in [-0.05, 0) is 36.0 Å². The molecule has 0 saturated carbocycles. The summed E-state index contributed by atoms with van der Waals surface area (Å²) in [7, 11) is -3.93. The molecule has 23 heavy (non-hydrogen) atoms. The summed E-state index contributed by atoms with van der Waals surface area (Å²) < 4.78 is 26.7. The minimum atomic E-state index is -3.93. The molecular formula is C16H22NO5S. The molecule has 0 aliphatic rings. The number of carbonyl (C=O) groups is 1. The smallest absolute Gasteiger partial charge is 0.321 e. The quantitative estimate of drug-likeness (QED) is 0.705. The Morgan fingerprint density at radius 1 is 1.26 bits per heavy atom. The SMILES string of the molecule is CC(C)(C)c1ccc(S(=O)(=O)NC(CCC[C]=O)C(=O)O)cc1. The van der Waals surface area contributed by atoms with Crippen molar-refractivity contribution < 1.29 is 23.1 Å². The lowest BCUT2D eigenvalue weighted by molar-refractivity contribution is -0.139. The molecule has 127 valence electrons. The molecule has 1 rings (SSSR count). The minimum absolute atomic E-state index is 0.0127. The van der Waals surface area contributed by atoms with Gasteiger partial charge in [0.1, 0.15) is 6.04 Å². The van der Waals surface area contributed by atoms with Crippen LogP contribution >= 0.6 is 0 Å². The highest BCUT2D eigenvalue weighted by Gasteiger charge is 2.25. The molecule has 2 N–H and O–H groups in total. The number of carboxylic acid groups (broad SMARTS) is 1. The minimum Gasteiger partial charge on any atom is -0.480 e. The zero-order valence-electron chi connectivity index (χ0n) is 13.5. The van der Waals surface area contributed by atoms with E-state index in [1.54, 1.807) is 18.4 Å². The number of aliphatic carboxylic acids is 1. The summed E-state index contributed by atoms with van der Waals surface area (Å²) in [6.45, 7) is 6.04. The van der Waals surface area contributed by atoms with E-state index in [1.165, 1.54) is 12.1 Å². The first-order chi connectivity index (χ1) is 10.6. The van der Waals surface area contributed by atoms with Gasteiger partial charge in [-0.3, -0.25) is 9.59 Å². The molecular weight excluding hydrogens is 318 g/mol. The van der Waals surface area contributed by atoms with Crippen molar-refractivity contribution in [2.75, 3.05) is 0 Å². The van der Waals surface area contributed by atoms with Gasteiger partial charge in [0.2, 0.25) is 10.0 Å². The zero-order valence-corrected chi connectivity index (χ0v) is 14.3. The second-order valence-electron chi connectivity index (χ2n) is 6.32. The van der Waals surface area contributed by atoms with Crippen LogP contribution in [0, 0.1) is 0 Å². The van der Waals surface area contributed by atoms with Gasteiger partial charge in [0.15, 0.2) is 6.29 Å². The van der Waals surface area contributed by atoms with Crippen molar-refractivity contribution in [3.8, 4) is 0 Å². The third kappa shape index (κ3) is 5.76. The normalized spacial score (nSPS) is 13.5. The number of hydrogen-bond acceptors (Lipinski definition) is 4. The number of unbranched alkanes of at least 4 members (excludes halogenated alkanes) is 1. The highest BCUT2D eigenvalue weighted by molar-refractivity contribution is 7.89. The monoisotopic (exact) mass is 340 g/mol. The molecule has 0 heterocycles. The second-order valence-corrected chi connectivity index (χ2v) is 8.04. The Morgan fingerprint density at radius 2 is 1.83 bits per heavy atom. The van der Waals surface area contributed by atoms with Crippen molar-refractivity contribution in [3.05, 3.63) is 29.8 Å². The fourth-order valence-electron chi connectivity index (χ4n) is 2.00. The molecule has 1 radical (unpaired) electrons. The van der Waals surface area contributed by atoms with Gasteiger partial charge in [-0.15, -0.1) is 0 Å². The molecule has 0 aromatic heterocycles. The van der Waals surface area contributed by atoms with E-state index in [9.17, 15) is 18.0 Å². The van der Waals surface area contributed by atoms with E-state index in [0.29, 0.717) is 0 Å². The van der Waals surface area contributed by atoms with Crippen molar-refractivity contribution in [2.45, 2.75) is 56.4 Å². The van der Waals surface area contributed by atoms with Gasteiger partial charge >= 0.3 is 5.97 Å². The molecule has 0 spiro atoms. The third-order valence-corrected chi connectivity index (χ3v) is 4.89. The highest BCUT2D eigenvalue weighted by Crippen LogP contribution is 2.23. The Balaban J connectivity index is 2.92. The maximum atomic E-state index is 12.3. The molecule has 6 nitrogen and oxygen atoms in total. The van der Waals surface area contributed by atoms with Crippen molar-refractivity contribution in [3.63, 3.8) is 0 Å². The Morgan fingerprint density at radius 3 is 2.26 bits per heavy atom. The van der Waals surface area contributed by atoms with Crippen LogP contribution < -0.4 is 4.72 Å². The number of carbonyl (C=O) groups excluding carboxylic acids is 1. The Bertz CT molecular complexity index is 644. The molecule has 1 atom stereocenters. The number of carboxylic acids is 1. The van der Waals surface area contributed by atoms with Gasteiger partial charge in [0, 0.05) is 6.42 Å². The van der Waals surface area contributed by atoms with Crippen LogP contribution in [0.3, 0.4) is 0 Å². The molecule has 0 aliphatic heterocycles. The van der Waals surface area contributed by atoms with E-state index in [2.05, 4.69) is 4.72 Å². The zero-order chi connectivity index (χ0) is 17.7. The van der Waals surface area contributed by atoms with E-state index < -0.39 is 22.0 Å². The summed E-state index contributed by atoms with van der Waals surface area (Å²) in [5.41, 5.74) is 0.873. The second kappa shape index (κ2) is 7.70. The van der Waals surface area contributed by atoms with Crippen LogP contribution in [0.15, 0.2) is 29.2 Å². The standard InChI is InChI=1S/C16H22NO5S/c1-16(2,3)12-7-9-13(10-8-12)23(21,22)17-14(15(19)20)6-4-5-11-18/h7-10,14,17H,4-6H2,1-3H3,(H,19,20).